The zero-order chi connectivity index (χ0) is 12.5. The van der Waals surface area contributed by atoms with Gasteiger partial charge in [0.05, 0.1) is 0 Å². The molecule has 3 nitrogen and oxygen atoms in total. The van der Waals surface area contributed by atoms with Gasteiger partial charge in [-0.3, -0.25) is 4.90 Å². The molecule has 2 aliphatic rings. The maximum absolute atomic E-state index is 5.72. The summed E-state index contributed by atoms with van der Waals surface area (Å²) in [5.41, 5.74) is 9.66. The molecule has 1 aromatic rings. The van der Waals surface area contributed by atoms with E-state index >= 15 is 0 Å². The molecule has 0 atom stereocenters. The molecule has 1 aliphatic carbocycles. The molecule has 1 saturated heterocycles. The number of anilines is 1. The molecule has 18 heavy (non-hydrogen) atoms. The number of nitrogens with zero attached hydrogens (tertiary/aromatic N) is 2. The number of benzene rings is 1. The summed E-state index contributed by atoms with van der Waals surface area (Å²) in [5, 5.41) is 0. The predicted octanol–water partition coefficient (Wildman–Crippen LogP) is 1.74. The molecular weight excluding hydrogens is 222 g/mol. The number of aryl methyl sites for hydroxylation is 1. The molecule has 3 heteroatoms. The number of hydrogen-bond acceptors (Lipinski definition) is 3. The van der Waals surface area contributed by atoms with Crippen LogP contribution in [-0.4, -0.2) is 37.1 Å². The van der Waals surface area contributed by atoms with Crippen LogP contribution in [0.3, 0.4) is 0 Å². The van der Waals surface area contributed by atoms with E-state index in [9.17, 15) is 0 Å². The third-order valence-corrected chi connectivity index (χ3v) is 4.29. The number of nitrogens with two attached hydrogens (primary N) is 1. The van der Waals surface area contributed by atoms with E-state index in [0.29, 0.717) is 6.54 Å². The second-order valence-electron chi connectivity index (χ2n) is 5.57. The van der Waals surface area contributed by atoms with E-state index < -0.39 is 0 Å². The summed E-state index contributed by atoms with van der Waals surface area (Å²) in [5.74, 6) is 0. The largest absolute Gasteiger partial charge is 0.369 e. The summed E-state index contributed by atoms with van der Waals surface area (Å²) in [6.07, 6.45) is 2.84. The zero-order valence-corrected chi connectivity index (χ0v) is 11.2. The number of hydrogen-bond donors (Lipinski definition) is 1. The van der Waals surface area contributed by atoms with Crippen molar-refractivity contribution >= 4 is 5.69 Å². The van der Waals surface area contributed by atoms with Crippen molar-refractivity contribution in [3.05, 3.63) is 29.3 Å². The molecule has 2 N–H and O–H groups in total. The lowest BCUT2D eigenvalue weighted by Gasteiger charge is -2.36. The van der Waals surface area contributed by atoms with Gasteiger partial charge in [-0.2, -0.15) is 0 Å². The predicted molar refractivity (Wildman–Crippen MR) is 75.9 cm³/mol. The summed E-state index contributed by atoms with van der Waals surface area (Å²) in [4.78, 5) is 5.16. The lowest BCUT2D eigenvalue weighted by molar-refractivity contribution is 0.248. The van der Waals surface area contributed by atoms with Crippen LogP contribution in [-0.2, 0) is 6.54 Å². The van der Waals surface area contributed by atoms with E-state index in [-0.39, 0.29) is 0 Å². The molecule has 1 saturated carbocycles. The fourth-order valence-corrected chi connectivity index (χ4v) is 2.89. The summed E-state index contributed by atoms with van der Waals surface area (Å²) in [6.45, 7) is 7.58. The molecule has 0 radical (unpaired) electrons. The lowest BCUT2D eigenvalue weighted by Crippen LogP contribution is -2.47. The Hall–Kier alpha value is -1.06. The van der Waals surface area contributed by atoms with Gasteiger partial charge in [0.2, 0.25) is 0 Å². The molecular formula is C15H23N3. The van der Waals surface area contributed by atoms with Crippen LogP contribution in [0.25, 0.3) is 0 Å². The van der Waals surface area contributed by atoms with Crippen LogP contribution in [0, 0.1) is 6.92 Å². The van der Waals surface area contributed by atoms with Crippen LogP contribution < -0.4 is 10.6 Å². The topological polar surface area (TPSA) is 32.5 Å². The summed E-state index contributed by atoms with van der Waals surface area (Å²) >= 11 is 0. The Morgan fingerprint density at radius 3 is 2.44 bits per heavy atom. The third kappa shape index (κ3) is 2.38. The lowest BCUT2D eigenvalue weighted by atomic mass is 10.1. The monoisotopic (exact) mass is 245 g/mol. The Morgan fingerprint density at radius 1 is 1.17 bits per heavy atom. The molecule has 1 aliphatic heterocycles. The highest BCUT2D eigenvalue weighted by Crippen LogP contribution is 2.28. The van der Waals surface area contributed by atoms with Crippen molar-refractivity contribution in [2.45, 2.75) is 32.4 Å². The van der Waals surface area contributed by atoms with Crippen molar-refractivity contribution < 1.29 is 0 Å². The second-order valence-corrected chi connectivity index (χ2v) is 5.57. The Labute approximate surface area is 110 Å². The third-order valence-electron chi connectivity index (χ3n) is 4.29. The Morgan fingerprint density at radius 2 is 1.89 bits per heavy atom. The van der Waals surface area contributed by atoms with Gasteiger partial charge >= 0.3 is 0 Å². The first-order chi connectivity index (χ1) is 8.78. The number of piperazine rings is 1. The van der Waals surface area contributed by atoms with Crippen molar-refractivity contribution in [1.82, 2.24) is 4.90 Å². The summed E-state index contributed by atoms with van der Waals surface area (Å²) in [7, 11) is 0. The van der Waals surface area contributed by atoms with E-state index in [1.165, 1.54) is 42.7 Å². The van der Waals surface area contributed by atoms with Crippen molar-refractivity contribution in [3.63, 3.8) is 0 Å². The maximum Gasteiger partial charge on any atom is 0.0369 e. The van der Waals surface area contributed by atoms with Crippen molar-refractivity contribution in [1.29, 1.82) is 0 Å². The highest BCUT2D eigenvalue weighted by Gasteiger charge is 2.31. The van der Waals surface area contributed by atoms with Crippen LogP contribution in [0.1, 0.15) is 24.0 Å². The number of rotatable bonds is 3. The average Bonchev–Trinajstić information content (AvgIpc) is 3.23. The molecule has 0 bridgehead atoms. The molecule has 3 rings (SSSR count). The standard InChI is InChI=1S/C15H23N3/c1-12-10-15(3-2-13(12)11-16)18-8-6-17(7-9-18)14-4-5-14/h2-3,10,14H,4-9,11,16H2,1H3. The van der Waals surface area contributed by atoms with Crippen molar-refractivity contribution in [3.8, 4) is 0 Å². The highest BCUT2D eigenvalue weighted by atomic mass is 15.3. The Balaban J connectivity index is 1.66. The van der Waals surface area contributed by atoms with Gasteiger partial charge in [0, 0.05) is 44.5 Å². The van der Waals surface area contributed by atoms with E-state index in [2.05, 4.69) is 34.9 Å². The Kier molecular flexibility index (Phi) is 3.27. The fraction of sp³-hybridized carbons (Fsp3) is 0.600. The van der Waals surface area contributed by atoms with Crippen LogP contribution in [0.15, 0.2) is 18.2 Å². The van der Waals surface area contributed by atoms with Gasteiger partial charge < -0.3 is 10.6 Å². The molecule has 1 heterocycles. The minimum Gasteiger partial charge on any atom is -0.369 e. The molecule has 98 valence electrons. The molecule has 0 spiro atoms. The summed E-state index contributed by atoms with van der Waals surface area (Å²) in [6, 6.07) is 7.60. The van der Waals surface area contributed by atoms with Gasteiger partial charge in [-0.25, -0.2) is 0 Å². The zero-order valence-electron chi connectivity index (χ0n) is 11.2. The molecule has 0 unspecified atom stereocenters. The first-order valence-corrected chi connectivity index (χ1v) is 7.06. The van der Waals surface area contributed by atoms with E-state index in [4.69, 9.17) is 5.73 Å². The quantitative estimate of drug-likeness (QED) is 0.880. The Bertz CT molecular complexity index is 418. The van der Waals surface area contributed by atoms with Gasteiger partial charge in [0.15, 0.2) is 0 Å². The minimum absolute atomic E-state index is 0.640. The van der Waals surface area contributed by atoms with Gasteiger partial charge in [-0.05, 0) is 43.0 Å². The first kappa shape index (κ1) is 12.0. The second kappa shape index (κ2) is 4.90. The van der Waals surface area contributed by atoms with E-state index in [1.54, 1.807) is 0 Å². The van der Waals surface area contributed by atoms with Crippen molar-refractivity contribution in [2.24, 2.45) is 5.73 Å². The van der Waals surface area contributed by atoms with Gasteiger partial charge in [-0.1, -0.05) is 6.07 Å². The van der Waals surface area contributed by atoms with Crippen LogP contribution >= 0.6 is 0 Å². The molecule has 0 amide bonds. The summed E-state index contributed by atoms with van der Waals surface area (Å²) < 4.78 is 0. The van der Waals surface area contributed by atoms with E-state index in [1.807, 2.05) is 0 Å². The SMILES string of the molecule is Cc1cc(N2CCN(C3CC3)CC2)ccc1CN. The van der Waals surface area contributed by atoms with Gasteiger partial charge in [-0.15, -0.1) is 0 Å². The average molecular weight is 245 g/mol. The molecule has 0 aromatic heterocycles. The highest BCUT2D eigenvalue weighted by molar-refractivity contribution is 5.51. The maximum atomic E-state index is 5.72. The normalized spacial score (nSPS) is 21.3. The van der Waals surface area contributed by atoms with Gasteiger partial charge in [0.1, 0.15) is 0 Å². The van der Waals surface area contributed by atoms with Gasteiger partial charge in [0.25, 0.3) is 0 Å². The molecule has 2 fully saturated rings. The fourth-order valence-electron chi connectivity index (χ4n) is 2.89. The van der Waals surface area contributed by atoms with E-state index in [0.717, 1.165) is 19.1 Å². The van der Waals surface area contributed by atoms with Crippen LogP contribution in [0.4, 0.5) is 5.69 Å². The van der Waals surface area contributed by atoms with Crippen LogP contribution in [0.5, 0.6) is 0 Å². The smallest absolute Gasteiger partial charge is 0.0369 e. The molecule has 1 aromatic carbocycles. The first-order valence-electron chi connectivity index (χ1n) is 7.06. The minimum atomic E-state index is 0.640. The van der Waals surface area contributed by atoms with Crippen LogP contribution in [0.2, 0.25) is 0 Å². The van der Waals surface area contributed by atoms with Crippen molar-refractivity contribution in [2.75, 3.05) is 31.1 Å².